The largest absolute Gasteiger partial charge is 0.319 e. The van der Waals surface area contributed by atoms with Crippen molar-refractivity contribution in [3.63, 3.8) is 0 Å². The zero-order chi connectivity index (χ0) is 17.4. The summed E-state index contributed by atoms with van der Waals surface area (Å²) in [6, 6.07) is 3.51. The number of amides is 1. The van der Waals surface area contributed by atoms with Crippen molar-refractivity contribution >= 4 is 11.6 Å². The molecule has 0 atom stereocenters. The Kier molecular flexibility index (Phi) is 4.33. The van der Waals surface area contributed by atoms with Crippen molar-refractivity contribution in [3.05, 3.63) is 41.5 Å². The van der Waals surface area contributed by atoms with Crippen LogP contribution in [0.5, 0.6) is 0 Å². The second kappa shape index (κ2) is 5.80. The molecule has 0 aliphatic carbocycles. The molecule has 23 heavy (non-hydrogen) atoms. The molecule has 124 valence electrons. The van der Waals surface area contributed by atoms with Crippen molar-refractivity contribution in [2.45, 2.75) is 52.4 Å². The minimum Gasteiger partial charge on any atom is -0.319 e. The summed E-state index contributed by atoms with van der Waals surface area (Å²) in [7, 11) is 1.93. The van der Waals surface area contributed by atoms with Gasteiger partial charge in [0.25, 0.3) is 5.91 Å². The molecule has 0 aliphatic rings. The van der Waals surface area contributed by atoms with E-state index in [0.717, 1.165) is 17.1 Å². The Morgan fingerprint density at radius 3 is 2.26 bits per heavy atom. The van der Waals surface area contributed by atoms with Crippen molar-refractivity contribution in [3.8, 4) is 0 Å². The molecule has 5 heteroatoms. The van der Waals surface area contributed by atoms with Crippen molar-refractivity contribution in [1.29, 1.82) is 0 Å². The molecule has 5 nitrogen and oxygen atoms in total. The van der Waals surface area contributed by atoms with E-state index in [0.29, 0.717) is 5.56 Å². The van der Waals surface area contributed by atoms with Crippen LogP contribution in [0.4, 0.5) is 5.69 Å². The van der Waals surface area contributed by atoms with Crippen LogP contribution in [0.15, 0.2) is 24.5 Å². The average Bonchev–Trinajstić information content (AvgIpc) is 2.76. The number of pyridine rings is 1. The highest BCUT2D eigenvalue weighted by Gasteiger charge is 2.32. The van der Waals surface area contributed by atoms with Crippen molar-refractivity contribution < 1.29 is 4.79 Å². The van der Waals surface area contributed by atoms with Gasteiger partial charge in [-0.3, -0.25) is 14.5 Å². The molecule has 2 aromatic heterocycles. The van der Waals surface area contributed by atoms with Crippen LogP contribution in [0.25, 0.3) is 0 Å². The predicted octanol–water partition coefficient (Wildman–Crippen LogP) is 3.66. The lowest BCUT2D eigenvalue weighted by Crippen LogP contribution is -2.22. The minimum atomic E-state index is -0.168. The molecule has 0 aliphatic heterocycles. The fraction of sp³-hybridized carbons (Fsp3) is 0.500. The molecule has 0 unspecified atom stereocenters. The van der Waals surface area contributed by atoms with Gasteiger partial charge in [-0.05, 0) is 12.1 Å². The van der Waals surface area contributed by atoms with Gasteiger partial charge in [-0.1, -0.05) is 41.5 Å². The Balaban J connectivity index is 2.53. The molecule has 0 saturated carbocycles. The minimum absolute atomic E-state index is 0.136. The zero-order valence-electron chi connectivity index (χ0n) is 15.1. The highest BCUT2D eigenvalue weighted by atomic mass is 16.1. The van der Waals surface area contributed by atoms with E-state index in [1.54, 1.807) is 24.5 Å². The number of carbonyl (C=O) groups excluding carboxylic acids is 1. The summed E-state index contributed by atoms with van der Waals surface area (Å²) >= 11 is 0. The summed E-state index contributed by atoms with van der Waals surface area (Å²) in [5, 5.41) is 7.75. The first-order valence-electron chi connectivity index (χ1n) is 7.81. The van der Waals surface area contributed by atoms with Crippen LogP contribution in [0.3, 0.4) is 0 Å². The van der Waals surface area contributed by atoms with Crippen LogP contribution < -0.4 is 5.32 Å². The highest BCUT2D eigenvalue weighted by molar-refractivity contribution is 6.04. The van der Waals surface area contributed by atoms with E-state index in [9.17, 15) is 4.79 Å². The maximum atomic E-state index is 12.6. The smallest absolute Gasteiger partial charge is 0.257 e. The number of anilines is 1. The standard InChI is InChI=1S/C18H26N4O/c1-17(2,3)14-13(15(18(4,5)6)22(7)21-14)20-16(23)12-9-8-10-19-11-12/h8-11H,1-7H3,(H,20,23). The normalized spacial score (nSPS) is 12.3. The molecule has 2 aromatic rings. The average molecular weight is 314 g/mol. The summed E-state index contributed by atoms with van der Waals surface area (Å²) in [4.78, 5) is 16.6. The third kappa shape index (κ3) is 3.60. The fourth-order valence-electron chi connectivity index (χ4n) is 2.71. The number of hydrogen-bond donors (Lipinski definition) is 1. The Labute approximate surface area is 138 Å². The number of aryl methyl sites for hydroxylation is 1. The van der Waals surface area contributed by atoms with Crippen molar-refractivity contribution in [2.24, 2.45) is 7.05 Å². The van der Waals surface area contributed by atoms with Gasteiger partial charge in [0, 0.05) is 30.3 Å². The van der Waals surface area contributed by atoms with Crippen LogP contribution >= 0.6 is 0 Å². The van der Waals surface area contributed by atoms with Crippen molar-refractivity contribution in [1.82, 2.24) is 14.8 Å². The zero-order valence-corrected chi connectivity index (χ0v) is 15.1. The first-order valence-corrected chi connectivity index (χ1v) is 7.81. The molecule has 0 saturated heterocycles. The predicted molar refractivity (Wildman–Crippen MR) is 92.8 cm³/mol. The number of hydrogen-bond acceptors (Lipinski definition) is 3. The van der Waals surface area contributed by atoms with Crippen LogP contribution in [0.1, 0.15) is 63.3 Å². The second-order valence-corrected chi connectivity index (χ2v) is 7.89. The number of nitrogens with one attached hydrogen (secondary N) is 1. The van der Waals surface area contributed by atoms with Gasteiger partial charge in [-0.25, -0.2) is 0 Å². The Morgan fingerprint density at radius 1 is 1.13 bits per heavy atom. The van der Waals surface area contributed by atoms with Crippen molar-refractivity contribution in [2.75, 3.05) is 5.32 Å². The molecule has 2 rings (SSSR count). The molecule has 2 heterocycles. The van der Waals surface area contributed by atoms with E-state index in [1.807, 2.05) is 11.7 Å². The van der Waals surface area contributed by atoms with E-state index < -0.39 is 0 Å². The van der Waals surface area contributed by atoms with Gasteiger partial charge >= 0.3 is 0 Å². The van der Waals surface area contributed by atoms with Gasteiger partial charge in [-0.15, -0.1) is 0 Å². The van der Waals surface area contributed by atoms with Gasteiger partial charge in [0.1, 0.15) is 0 Å². The lowest BCUT2D eigenvalue weighted by molar-refractivity contribution is 0.102. The van der Waals surface area contributed by atoms with Crippen LogP contribution in [0, 0.1) is 0 Å². The summed E-state index contributed by atoms with van der Waals surface area (Å²) < 4.78 is 1.87. The molecule has 0 spiro atoms. The molecule has 1 amide bonds. The van der Waals surface area contributed by atoms with E-state index in [2.05, 4.69) is 56.9 Å². The third-order valence-corrected chi connectivity index (χ3v) is 3.63. The Morgan fingerprint density at radius 2 is 1.78 bits per heavy atom. The number of aromatic nitrogens is 3. The number of nitrogens with zero attached hydrogens (tertiary/aromatic N) is 3. The van der Waals surface area contributed by atoms with Gasteiger partial charge in [-0.2, -0.15) is 5.10 Å². The van der Waals surface area contributed by atoms with Gasteiger partial charge < -0.3 is 5.32 Å². The first kappa shape index (κ1) is 17.2. The van der Waals surface area contributed by atoms with Crippen LogP contribution in [-0.2, 0) is 17.9 Å². The summed E-state index contributed by atoms with van der Waals surface area (Å²) in [5.74, 6) is -0.165. The maximum absolute atomic E-state index is 12.6. The summed E-state index contributed by atoms with van der Waals surface area (Å²) in [6.45, 7) is 12.7. The summed E-state index contributed by atoms with van der Waals surface area (Å²) in [6.07, 6.45) is 3.22. The lowest BCUT2D eigenvalue weighted by atomic mass is 9.85. The van der Waals surface area contributed by atoms with Gasteiger partial charge in [0.05, 0.1) is 22.6 Å². The maximum Gasteiger partial charge on any atom is 0.257 e. The molecule has 0 aromatic carbocycles. The Bertz CT molecular complexity index is 703. The van der Waals surface area contributed by atoms with Crippen LogP contribution in [0.2, 0.25) is 0 Å². The molecule has 0 fully saturated rings. The van der Waals surface area contributed by atoms with E-state index in [4.69, 9.17) is 0 Å². The summed E-state index contributed by atoms with van der Waals surface area (Å²) in [5.41, 5.74) is 2.95. The highest BCUT2D eigenvalue weighted by Crippen LogP contribution is 2.37. The van der Waals surface area contributed by atoms with Gasteiger partial charge in [0.15, 0.2) is 0 Å². The topological polar surface area (TPSA) is 59.8 Å². The lowest BCUT2D eigenvalue weighted by Gasteiger charge is -2.23. The fourth-order valence-corrected chi connectivity index (χ4v) is 2.71. The second-order valence-electron chi connectivity index (χ2n) is 7.89. The van der Waals surface area contributed by atoms with Gasteiger partial charge in [0.2, 0.25) is 0 Å². The molecular formula is C18H26N4O. The molecule has 0 bridgehead atoms. The first-order chi connectivity index (χ1) is 10.5. The number of rotatable bonds is 2. The van der Waals surface area contributed by atoms with E-state index in [1.165, 1.54) is 0 Å². The number of carbonyl (C=O) groups is 1. The molecule has 1 N–H and O–H groups in total. The van der Waals surface area contributed by atoms with E-state index >= 15 is 0 Å². The SMILES string of the molecule is Cn1nc(C(C)(C)C)c(NC(=O)c2cccnc2)c1C(C)(C)C. The van der Waals surface area contributed by atoms with E-state index in [-0.39, 0.29) is 16.7 Å². The Hall–Kier alpha value is -2.17. The quantitative estimate of drug-likeness (QED) is 0.920. The molecular weight excluding hydrogens is 288 g/mol. The molecule has 0 radical (unpaired) electrons. The monoisotopic (exact) mass is 314 g/mol. The van der Waals surface area contributed by atoms with Crippen LogP contribution in [-0.4, -0.2) is 20.7 Å². The third-order valence-electron chi connectivity index (χ3n) is 3.63.